The molecule has 1 amide bonds. The molecule has 3 heterocycles. The molecule has 1 N–H and O–H groups in total. The highest BCUT2D eigenvalue weighted by Crippen LogP contribution is 2.33. The lowest BCUT2D eigenvalue weighted by Crippen LogP contribution is -2.24. The third-order valence-electron chi connectivity index (χ3n) is 4.71. The summed E-state index contributed by atoms with van der Waals surface area (Å²) in [6, 6.07) is 12.1. The molecule has 5 nitrogen and oxygen atoms in total. The average Bonchev–Trinajstić information content (AvgIpc) is 3.29. The van der Waals surface area contributed by atoms with Gasteiger partial charge in [0.05, 0.1) is 21.0 Å². The van der Waals surface area contributed by atoms with Crippen molar-refractivity contribution in [2.45, 2.75) is 43.9 Å². The minimum atomic E-state index is -0.236. The van der Waals surface area contributed by atoms with Gasteiger partial charge in [0.25, 0.3) is 0 Å². The Labute approximate surface area is 172 Å². The molecule has 0 radical (unpaired) electrons. The molecular formula is C21H22N4OS2. The Morgan fingerprint density at radius 3 is 2.68 bits per heavy atom. The monoisotopic (exact) mass is 410 g/mol. The number of carbonyl (C=O) groups excluding carboxylic acids is 1. The normalized spacial score (nSPS) is 12.5. The summed E-state index contributed by atoms with van der Waals surface area (Å²) < 4.78 is 3.38. The number of fused-ring (bicyclic) bond motifs is 3. The van der Waals surface area contributed by atoms with Crippen molar-refractivity contribution in [3.8, 4) is 0 Å². The van der Waals surface area contributed by atoms with Crippen LogP contribution < -0.4 is 5.32 Å². The first-order valence-electron chi connectivity index (χ1n) is 9.39. The van der Waals surface area contributed by atoms with Gasteiger partial charge in [0.1, 0.15) is 10.9 Å². The van der Waals surface area contributed by atoms with E-state index in [1.54, 1.807) is 11.3 Å². The number of thioether (sulfide) groups is 1. The van der Waals surface area contributed by atoms with Crippen LogP contribution in [-0.4, -0.2) is 25.8 Å². The Hall–Kier alpha value is -2.38. The number of hydrogen-bond acceptors (Lipinski definition) is 5. The van der Waals surface area contributed by atoms with E-state index in [0.29, 0.717) is 6.42 Å². The molecule has 0 aliphatic heterocycles. The number of rotatable bonds is 6. The van der Waals surface area contributed by atoms with Crippen LogP contribution in [0.1, 0.15) is 31.7 Å². The number of aryl methyl sites for hydroxylation is 2. The third kappa shape index (κ3) is 3.52. The molecule has 0 fully saturated rings. The van der Waals surface area contributed by atoms with Crippen LogP contribution in [0.25, 0.3) is 15.7 Å². The maximum absolute atomic E-state index is 12.8. The molecule has 1 atom stereocenters. The van der Waals surface area contributed by atoms with Crippen LogP contribution in [0.4, 0.5) is 5.69 Å². The van der Waals surface area contributed by atoms with Gasteiger partial charge in [-0.05, 0) is 43.0 Å². The van der Waals surface area contributed by atoms with Crippen LogP contribution in [0.15, 0.2) is 46.8 Å². The Kier molecular flexibility index (Phi) is 5.37. The zero-order chi connectivity index (χ0) is 19.7. The Balaban J connectivity index is 1.63. The van der Waals surface area contributed by atoms with Crippen molar-refractivity contribution in [2.75, 3.05) is 5.32 Å². The lowest BCUT2D eigenvalue weighted by Gasteiger charge is -2.15. The van der Waals surface area contributed by atoms with Gasteiger partial charge in [-0.3, -0.25) is 9.20 Å². The van der Waals surface area contributed by atoms with Crippen LogP contribution in [0.5, 0.6) is 0 Å². The first-order valence-corrected chi connectivity index (χ1v) is 11.1. The van der Waals surface area contributed by atoms with Crippen LogP contribution in [0, 0.1) is 6.92 Å². The van der Waals surface area contributed by atoms with E-state index in [1.807, 2.05) is 38.1 Å². The number of aromatic nitrogens is 3. The summed E-state index contributed by atoms with van der Waals surface area (Å²) in [5.74, 6) is 0.925. The molecule has 4 aromatic rings. The quantitative estimate of drug-likeness (QED) is 0.437. The van der Waals surface area contributed by atoms with E-state index >= 15 is 0 Å². The molecule has 3 aromatic heterocycles. The molecule has 0 bridgehead atoms. The summed E-state index contributed by atoms with van der Waals surface area (Å²) in [5, 5.41) is 14.6. The van der Waals surface area contributed by atoms with Crippen LogP contribution in [0.3, 0.4) is 0 Å². The first-order chi connectivity index (χ1) is 13.6. The molecule has 0 aliphatic rings. The van der Waals surface area contributed by atoms with Crippen molar-refractivity contribution in [2.24, 2.45) is 0 Å². The number of benzene rings is 1. The number of carbonyl (C=O) groups is 1. The highest BCUT2D eigenvalue weighted by Gasteiger charge is 2.22. The summed E-state index contributed by atoms with van der Waals surface area (Å²) >= 11 is 3.19. The second-order valence-corrected chi connectivity index (χ2v) is 8.82. The van der Waals surface area contributed by atoms with Crippen LogP contribution >= 0.6 is 23.1 Å². The standard InChI is InChI=1S/C21H22N4OS2/c1-4-17(20(26)22-14-8-6-13(3)7-9-14)28-21-16-12-18-15(10-11-27-18)25(16)19(5-2)23-24-21/h6-12,17H,4-5H2,1-3H3,(H,22,26)/t17-/m1/s1. The lowest BCUT2D eigenvalue weighted by atomic mass is 10.2. The van der Waals surface area contributed by atoms with E-state index in [2.05, 4.69) is 44.4 Å². The first kappa shape index (κ1) is 19.0. The largest absolute Gasteiger partial charge is 0.325 e. The molecule has 1 aromatic carbocycles. The lowest BCUT2D eigenvalue weighted by molar-refractivity contribution is -0.115. The van der Waals surface area contributed by atoms with Gasteiger partial charge in [-0.25, -0.2) is 0 Å². The van der Waals surface area contributed by atoms with Crippen molar-refractivity contribution >= 4 is 50.4 Å². The van der Waals surface area contributed by atoms with Gasteiger partial charge < -0.3 is 5.32 Å². The average molecular weight is 411 g/mol. The maximum atomic E-state index is 12.8. The minimum absolute atomic E-state index is 0.00996. The number of amides is 1. The Bertz CT molecular complexity index is 1130. The molecule has 0 unspecified atom stereocenters. The molecule has 144 valence electrons. The van der Waals surface area contributed by atoms with Crippen molar-refractivity contribution in [1.82, 2.24) is 14.6 Å². The predicted octanol–water partition coefficient (Wildman–Crippen LogP) is 5.32. The van der Waals surface area contributed by atoms with Gasteiger partial charge >= 0.3 is 0 Å². The van der Waals surface area contributed by atoms with E-state index in [-0.39, 0.29) is 11.2 Å². The van der Waals surface area contributed by atoms with E-state index in [9.17, 15) is 4.79 Å². The summed E-state index contributed by atoms with van der Waals surface area (Å²) in [5.41, 5.74) is 4.17. The van der Waals surface area contributed by atoms with E-state index in [0.717, 1.165) is 34.0 Å². The van der Waals surface area contributed by atoms with Gasteiger partial charge in [-0.2, -0.15) is 0 Å². The molecular weight excluding hydrogens is 388 g/mol. The Morgan fingerprint density at radius 2 is 1.96 bits per heavy atom. The van der Waals surface area contributed by atoms with Gasteiger partial charge in [-0.15, -0.1) is 21.5 Å². The number of nitrogens with zero attached hydrogens (tertiary/aromatic N) is 3. The SMILES string of the molecule is CCc1nnc(S[C@H](CC)C(=O)Nc2ccc(C)cc2)c2cc3sccc3n12. The fourth-order valence-electron chi connectivity index (χ4n) is 3.19. The zero-order valence-corrected chi connectivity index (χ0v) is 17.7. The number of anilines is 1. The van der Waals surface area contributed by atoms with Gasteiger partial charge in [0, 0.05) is 12.1 Å². The highest BCUT2D eigenvalue weighted by molar-refractivity contribution is 8.00. The summed E-state index contributed by atoms with van der Waals surface area (Å²) in [6.07, 6.45) is 1.51. The fraction of sp³-hybridized carbons (Fsp3) is 0.286. The van der Waals surface area contributed by atoms with Crippen molar-refractivity contribution in [1.29, 1.82) is 0 Å². The minimum Gasteiger partial charge on any atom is -0.325 e. The predicted molar refractivity (Wildman–Crippen MR) is 117 cm³/mol. The van der Waals surface area contributed by atoms with Crippen molar-refractivity contribution < 1.29 is 4.79 Å². The van der Waals surface area contributed by atoms with E-state index < -0.39 is 0 Å². The van der Waals surface area contributed by atoms with Gasteiger partial charge in [0.15, 0.2) is 0 Å². The molecule has 0 spiro atoms. The number of nitrogens with one attached hydrogen (secondary N) is 1. The topological polar surface area (TPSA) is 59.3 Å². The third-order valence-corrected chi connectivity index (χ3v) is 6.91. The smallest absolute Gasteiger partial charge is 0.237 e. The fourth-order valence-corrected chi connectivity index (χ4v) is 4.95. The summed E-state index contributed by atoms with van der Waals surface area (Å²) in [7, 11) is 0. The molecule has 28 heavy (non-hydrogen) atoms. The molecule has 0 aliphatic carbocycles. The molecule has 0 saturated heterocycles. The molecule has 0 saturated carbocycles. The van der Waals surface area contributed by atoms with Crippen LogP contribution in [-0.2, 0) is 11.2 Å². The second-order valence-electron chi connectivity index (χ2n) is 6.68. The van der Waals surface area contributed by atoms with Gasteiger partial charge in [-0.1, -0.05) is 43.3 Å². The summed E-state index contributed by atoms with van der Waals surface area (Å²) in [6.45, 7) is 6.13. The van der Waals surface area contributed by atoms with Crippen LogP contribution in [0.2, 0.25) is 0 Å². The van der Waals surface area contributed by atoms with Crippen molar-refractivity contribution in [3.63, 3.8) is 0 Å². The summed E-state index contributed by atoms with van der Waals surface area (Å²) in [4.78, 5) is 12.8. The van der Waals surface area contributed by atoms with Gasteiger partial charge in [0.2, 0.25) is 5.91 Å². The van der Waals surface area contributed by atoms with E-state index in [1.165, 1.54) is 22.0 Å². The highest BCUT2D eigenvalue weighted by atomic mass is 32.2. The second kappa shape index (κ2) is 7.93. The maximum Gasteiger partial charge on any atom is 0.237 e. The van der Waals surface area contributed by atoms with E-state index in [4.69, 9.17) is 0 Å². The Morgan fingerprint density at radius 1 is 1.18 bits per heavy atom. The number of thiophene rings is 1. The zero-order valence-electron chi connectivity index (χ0n) is 16.1. The molecule has 7 heteroatoms. The number of hydrogen-bond donors (Lipinski definition) is 1. The van der Waals surface area contributed by atoms with Crippen molar-refractivity contribution in [3.05, 3.63) is 53.2 Å². The molecule has 4 rings (SSSR count).